The van der Waals surface area contributed by atoms with E-state index < -0.39 is 0 Å². The monoisotopic (exact) mass is 253 g/mol. The fourth-order valence-electron chi connectivity index (χ4n) is 3.91. The highest BCUT2D eigenvalue weighted by Crippen LogP contribution is 2.47. The summed E-state index contributed by atoms with van der Waals surface area (Å²) < 4.78 is 12.9. The lowest BCUT2D eigenvalue weighted by Crippen LogP contribution is -2.50. The highest BCUT2D eigenvalue weighted by atomic mass is 16.7. The van der Waals surface area contributed by atoms with Gasteiger partial charge in [0, 0.05) is 5.94 Å². The summed E-state index contributed by atoms with van der Waals surface area (Å²) in [5.74, 6) is 0.391. The van der Waals surface area contributed by atoms with Crippen LogP contribution in [-0.2, 0) is 9.31 Å². The minimum atomic E-state index is -0.0918. The molecule has 1 unspecified atom stereocenters. The van der Waals surface area contributed by atoms with Crippen LogP contribution >= 0.6 is 0 Å². The molecule has 2 heterocycles. The Hall–Kier alpha value is -0.0551. The van der Waals surface area contributed by atoms with E-state index in [1.807, 2.05) is 0 Å². The lowest BCUT2D eigenvalue weighted by molar-refractivity contribution is -0.0601. The largest absolute Gasteiger partial charge is 0.476 e. The third-order valence-electron chi connectivity index (χ3n) is 5.23. The van der Waals surface area contributed by atoms with E-state index in [1.165, 1.54) is 12.8 Å². The van der Waals surface area contributed by atoms with Crippen molar-refractivity contribution in [2.75, 3.05) is 6.54 Å². The molecule has 2 rings (SSSR count). The van der Waals surface area contributed by atoms with E-state index in [-0.39, 0.29) is 18.3 Å². The third-order valence-corrected chi connectivity index (χ3v) is 5.23. The normalized spacial score (nSPS) is 30.0. The molecule has 1 N–H and O–H groups in total. The predicted molar refractivity (Wildman–Crippen MR) is 75.6 cm³/mol. The average molecular weight is 253 g/mol. The maximum Gasteiger partial charge on any atom is 0.476 e. The van der Waals surface area contributed by atoms with Gasteiger partial charge < -0.3 is 14.6 Å². The van der Waals surface area contributed by atoms with E-state index in [0.717, 1.165) is 32.2 Å². The van der Waals surface area contributed by atoms with Crippen LogP contribution in [0.2, 0.25) is 0 Å². The van der Waals surface area contributed by atoms with Gasteiger partial charge in [-0.1, -0.05) is 27.7 Å². The van der Waals surface area contributed by atoms with Gasteiger partial charge in [0.2, 0.25) is 0 Å². The first kappa shape index (κ1) is 14.4. The second kappa shape index (κ2) is 5.52. The Morgan fingerprint density at radius 3 is 1.83 bits per heavy atom. The summed E-state index contributed by atoms with van der Waals surface area (Å²) in [5.41, 5.74) is -0.184. The number of nitrogens with one attached hydrogen (secondary N) is 1. The molecule has 104 valence electrons. The molecule has 3 nitrogen and oxygen atoms in total. The van der Waals surface area contributed by atoms with Gasteiger partial charge in [-0.05, 0) is 45.1 Å². The second-order valence-electron chi connectivity index (χ2n) is 5.71. The average Bonchev–Trinajstić information content (AvgIpc) is 3.04. The molecule has 0 aromatic carbocycles. The molecule has 2 saturated heterocycles. The van der Waals surface area contributed by atoms with Crippen LogP contribution in [0, 0.1) is 0 Å². The molecule has 1 atom stereocenters. The molecule has 0 aromatic heterocycles. The van der Waals surface area contributed by atoms with Gasteiger partial charge in [-0.2, -0.15) is 0 Å². The fraction of sp³-hybridized carbons (Fsp3) is 1.00. The molecule has 0 saturated carbocycles. The summed E-state index contributed by atoms with van der Waals surface area (Å²) in [5, 5.41) is 3.52. The first-order valence-corrected chi connectivity index (χ1v) is 7.76. The maximum absolute atomic E-state index is 6.44. The summed E-state index contributed by atoms with van der Waals surface area (Å²) in [6, 6.07) is 0. The first-order valence-electron chi connectivity index (χ1n) is 7.76. The van der Waals surface area contributed by atoms with Crippen molar-refractivity contribution in [1.82, 2.24) is 5.32 Å². The molecule has 0 aromatic rings. The van der Waals surface area contributed by atoms with Gasteiger partial charge in [0.15, 0.2) is 0 Å². The lowest BCUT2D eigenvalue weighted by Gasteiger charge is -2.42. The van der Waals surface area contributed by atoms with Crippen molar-refractivity contribution < 1.29 is 9.31 Å². The molecule has 0 spiro atoms. The van der Waals surface area contributed by atoms with E-state index in [9.17, 15) is 0 Å². The van der Waals surface area contributed by atoms with Crippen LogP contribution in [0.15, 0.2) is 0 Å². The minimum absolute atomic E-state index is 0.0488. The molecular weight excluding hydrogens is 225 g/mol. The van der Waals surface area contributed by atoms with Gasteiger partial charge in [-0.3, -0.25) is 0 Å². The maximum atomic E-state index is 6.44. The third kappa shape index (κ3) is 2.02. The van der Waals surface area contributed by atoms with Crippen LogP contribution in [0.25, 0.3) is 0 Å². The molecule has 4 heteroatoms. The van der Waals surface area contributed by atoms with Gasteiger partial charge >= 0.3 is 7.12 Å². The number of rotatable bonds is 5. The molecule has 2 fully saturated rings. The summed E-state index contributed by atoms with van der Waals surface area (Å²) in [7, 11) is -0.0488. The van der Waals surface area contributed by atoms with Gasteiger partial charge in [0.25, 0.3) is 0 Å². The van der Waals surface area contributed by atoms with Gasteiger partial charge in [-0.25, -0.2) is 0 Å². The Balaban J connectivity index is 2.21. The molecule has 0 aliphatic carbocycles. The number of hydrogen-bond donors (Lipinski definition) is 1. The van der Waals surface area contributed by atoms with Crippen molar-refractivity contribution in [2.45, 2.75) is 83.4 Å². The smallest absolute Gasteiger partial charge is 0.402 e. The van der Waals surface area contributed by atoms with Crippen molar-refractivity contribution in [2.24, 2.45) is 0 Å². The molecular formula is C14H28BNO2. The SMILES string of the molecule is CCC1(CC)OB(C2CCCN2)OC1(CC)CC. The Morgan fingerprint density at radius 1 is 1.00 bits per heavy atom. The zero-order valence-corrected chi connectivity index (χ0v) is 12.4. The van der Waals surface area contributed by atoms with Crippen molar-refractivity contribution in [3.8, 4) is 0 Å². The van der Waals surface area contributed by atoms with Crippen LogP contribution in [0.4, 0.5) is 0 Å². The van der Waals surface area contributed by atoms with Gasteiger partial charge in [0.1, 0.15) is 0 Å². The van der Waals surface area contributed by atoms with Gasteiger partial charge in [-0.15, -0.1) is 0 Å². The van der Waals surface area contributed by atoms with Crippen LogP contribution in [-0.4, -0.2) is 30.8 Å². The van der Waals surface area contributed by atoms with Crippen LogP contribution in [0.5, 0.6) is 0 Å². The van der Waals surface area contributed by atoms with E-state index in [1.54, 1.807) is 0 Å². The van der Waals surface area contributed by atoms with E-state index in [2.05, 4.69) is 33.0 Å². The van der Waals surface area contributed by atoms with Crippen molar-refractivity contribution in [3.05, 3.63) is 0 Å². The fourth-order valence-corrected chi connectivity index (χ4v) is 3.91. The predicted octanol–water partition coefficient (Wildman–Crippen LogP) is 2.93. The summed E-state index contributed by atoms with van der Waals surface area (Å²) in [6.07, 6.45) is 6.56. The van der Waals surface area contributed by atoms with Crippen molar-refractivity contribution >= 4 is 7.12 Å². The van der Waals surface area contributed by atoms with Crippen LogP contribution < -0.4 is 5.32 Å². The van der Waals surface area contributed by atoms with Crippen LogP contribution in [0.3, 0.4) is 0 Å². The Labute approximate surface area is 112 Å². The Bertz CT molecular complexity index is 251. The summed E-state index contributed by atoms with van der Waals surface area (Å²) in [4.78, 5) is 0. The van der Waals surface area contributed by atoms with E-state index >= 15 is 0 Å². The Morgan fingerprint density at radius 2 is 1.50 bits per heavy atom. The molecule has 2 aliphatic heterocycles. The first-order chi connectivity index (χ1) is 8.67. The molecule has 0 amide bonds. The molecule has 18 heavy (non-hydrogen) atoms. The van der Waals surface area contributed by atoms with Crippen LogP contribution in [0.1, 0.15) is 66.2 Å². The number of hydrogen-bond acceptors (Lipinski definition) is 3. The van der Waals surface area contributed by atoms with Gasteiger partial charge in [0.05, 0.1) is 11.2 Å². The highest BCUT2D eigenvalue weighted by Gasteiger charge is 2.59. The minimum Gasteiger partial charge on any atom is -0.402 e. The van der Waals surface area contributed by atoms with Crippen molar-refractivity contribution in [1.29, 1.82) is 0 Å². The molecule has 0 bridgehead atoms. The second-order valence-corrected chi connectivity index (χ2v) is 5.71. The molecule has 0 radical (unpaired) electrons. The zero-order chi connectivity index (χ0) is 13.2. The summed E-state index contributed by atoms with van der Waals surface area (Å²) in [6.45, 7) is 10.0. The topological polar surface area (TPSA) is 30.5 Å². The van der Waals surface area contributed by atoms with E-state index in [0.29, 0.717) is 5.94 Å². The quantitative estimate of drug-likeness (QED) is 0.764. The highest BCUT2D eigenvalue weighted by molar-refractivity contribution is 6.47. The Kier molecular flexibility index (Phi) is 4.40. The summed E-state index contributed by atoms with van der Waals surface area (Å²) >= 11 is 0. The van der Waals surface area contributed by atoms with Crippen molar-refractivity contribution in [3.63, 3.8) is 0 Å². The van der Waals surface area contributed by atoms with E-state index in [4.69, 9.17) is 9.31 Å². The standard InChI is InChI=1S/C14H28BNO2/c1-5-13(6-2)14(7-3,8-4)18-15(17-13)12-10-9-11-16-12/h12,16H,5-11H2,1-4H3. The zero-order valence-electron chi connectivity index (χ0n) is 12.4. The molecule has 2 aliphatic rings. The lowest BCUT2D eigenvalue weighted by atomic mass is 9.75.